The van der Waals surface area contributed by atoms with Gasteiger partial charge >= 0.3 is 5.97 Å². The molecule has 0 spiro atoms. The molecule has 4 nitrogen and oxygen atoms in total. The summed E-state index contributed by atoms with van der Waals surface area (Å²) >= 11 is 0. The first-order valence-electron chi connectivity index (χ1n) is 9.70. The topological polar surface area (TPSA) is 60.4 Å². The Kier molecular flexibility index (Phi) is 15.8. The van der Waals surface area contributed by atoms with Gasteiger partial charge in [-0.2, -0.15) is 0 Å². The van der Waals surface area contributed by atoms with Gasteiger partial charge in [0.15, 0.2) is 0 Å². The van der Waals surface area contributed by atoms with E-state index >= 15 is 0 Å². The molecule has 0 aromatic rings. The third-order valence-corrected chi connectivity index (χ3v) is 4.27. The summed E-state index contributed by atoms with van der Waals surface area (Å²) in [6.07, 6.45) is 13.3. The fourth-order valence-electron chi connectivity index (χ4n) is 2.72. The summed E-state index contributed by atoms with van der Waals surface area (Å²) in [7, 11) is 1.40. The number of rotatable bonds is 17. The zero-order valence-electron chi connectivity index (χ0n) is 15.7. The van der Waals surface area contributed by atoms with Crippen LogP contribution in [-0.2, 0) is 19.1 Å². The molecular weight excluding hydrogens is 304 g/mol. The largest absolute Gasteiger partial charge is 0.469 e. The summed E-state index contributed by atoms with van der Waals surface area (Å²) in [4.78, 5) is 34.4. The summed E-state index contributed by atoms with van der Waals surface area (Å²) in [5.74, 6) is 0.0307. The molecule has 0 aromatic carbocycles. The van der Waals surface area contributed by atoms with Crippen molar-refractivity contribution in [1.82, 2.24) is 0 Å². The molecule has 0 saturated heterocycles. The van der Waals surface area contributed by atoms with Crippen molar-refractivity contribution >= 4 is 17.5 Å². The average molecular weight is 341 g/mol. The predicted molar refractivity (Wildman–Crippen MR) is 97.0 cm³/mol. The quantitative estimate of drug-likeness (QED) is 0.208. The molecule has 0 aliphatic heterocycles. The molecule has 4 heteroatoms. The Morgan fingerprint density at radius 1 is 0.625 bits per heavy atom. The van der Waals surface area contributed by atoms with E-state index in [4.69, 9.17) is 0 Å². The smallest absolute Gasteiger partial charge is 0.305 e. The molecular formula is C20H36O4. The van der Waals surface area contributed by atoms with Gasteiger partial charge in [0, 0.05) is 19.3 Å². The van der Waals surface area contributed by atoms with Gasteiger partial charge in [0.25, 0.3) is 0 Å². The number of unbranched alkanes of at least 4 members (excludes halogenated alkanes) is 9. The first-order valence-corrected chi connectivity index (χ1v) is 9.70. The fraction of sp³-hybridized carbons (Fsp3) is 0.850. The first kappa shape index (κ1) is 22.8. The maximum absolute atomic E-state index is 11.8. The van der Waals surface area contributed by atoms with Crippen molar-refractivity contribution in [1.29, 1.82) is 0 Å². The van der Waals surface area contributed by atoms with Crippen molar-refractivity contribution in [2.75, 3.05) is 7.11 Å². The van der Waals surface area contributed by atoms with Crippen LogP contribution in [0.15, 0.2) is 0 Å². The highest BCUT2D eigenvalue weighted by Gasteiger charge is 2.09. The second kappa shape index (κ2) is 16.7. The molecule has 0 fully saturated rings. The third kappa shape index (κ3) is 15.7. The lowest BCUT2D eigenvalue weighted by molar-refractivity contribution is -0.140. The summed E-state index contributed by atoms with van der Waals surface area (Å²) in [6.45, 7) is 2.19. The third-order valence-electron chi connectivity index (χ3n) is 4.27. The molecule has 0 radical (unpaired) electrons. The molecule has 0 atom stereocenters. The molecule has 0 aliphatic rings. The van der Waals surface area contributed by atoms with Crippen LogP contribution in [0, 0.1) is 0 Å². The lowest BCUT2D eigenvalue weighted by atomic mass is 10.0. The van der Waals surface area contributed by atoms with E-state index in [-0.39, 0.29) is 24.0 Å². The summed E-state index contributed by atoms with van der Waals surface area (Å²) in [5.41, 5.74) is 0. The zero-order chi connectivity index (χ0) is 18.0. The molecule has 0 bridgehead atoms. The van der Waals surface area contributed by atoms with Gasteiger partial charge in [-0.25, -0.2) is 0 Å². The highest BCUT2D eigenvalue weighted by molar-refractivity contribution is 5.98. The van der Waals surface area contributed by atoms with Crippen molar-refractivity contribution in [2.24, 2.45) is 0 Å². The molecule has 140 valence electrons. The zero-order valence-corrected chi connectivity index (χ0v) is 15.7. The molecule has 0 heterocycles. The average Bonchev–Trinajstić information content (AvgIpc) is 2.56. The normalized spacial score (nSPS) is 10.6. The van der Waals surface area contributed by atoms with E-state index in [9.17, 15) is 14.4 Å². The summed E-state index contributed by atoms with van der Waals surface area (Å²) < 4.78 is 4.58. The van der Waals surface area contributed by atoms with Gasteiger partial charge in [-0.15, -0.1) is 0 Å². The van der Waals surface area contributed by atoms with E-state index in [1.807, 2.05) is 0 Å². The van der Waals surface area contributed by atoms with E-state index in [0.29, 0.717) is 19.3 Å². The maximum Gasteiger partial charge on any atom is 0.305 e. The van der Waals surface area contributed by atoms with Gasteiger partial charge < -0.3 is 4.74 Å². The minimum atomic E-state index is -0.158. The number of hydrogen-bond donors (Lipinski definition) is 0. The number of Topliss-reactive ketones (excluding diaryl/α,β-unsaturated/α-hetero) is 2. The minimum Gasteiger partial charge on any atom is -0.469 e. The van der Waals surface area contributed by atoms with Crippen LogP contribution in [0.1, 0.15) is 103 Å². The van der Waals surface area contributed by atoms with E-state index < -0.39 is 0 Å². The summed E-state index contributed by atoms with van der Waals surface area (Å²) in [5, 5.41) is 0. The van der Waals surface area contributed by atoms with Crippen molar-refractivity contribution < 1.29 is 19.1 Å². The number of ether oxygens (including phenoxy) is 1. The molecule has 0 unspecified atom stereocenters. The Morgan fingerprint density at radius 3 is 1.50 bits per heavy atom. The molecule has 0 N–H and O–H groups in total. The lowest BCUT2D eigenvalue weighted by Gasteiger charge is -2.03. The van der Waals surface area contributed by atoms with Crippen molar-refractivity contribution in [3.05, 3.63) is 0 Å². The van der Waals surface area contributed by atoms with E-state index in [1.165, 1.54) is 32.8 Å². The predicted octanol–water partition coefficient (Wildman–Crippen LogP) is 5.17. The minimum absolute atomic E-state index is 0.0838. The van der Waals surface area contributed by atoms with Gasteiger partial charge in [0.05, 0.1) is 13.5 Å². The van der Waals surface area contributed by atoms with E-state index in [2.05, 4.69) is 11.7 Å². The van der Waals surface area contributed by atoms with Gasteiger partial charge in [0.2, 0.25) is 0 Å². The Balaban J connectivity index is 3.41. The fourth-order valence-corrected chi connectivity index (χ4v) is 2.72. The molecule has 0 rings (SSSR count). The van der Waals surface area contributed by atoms with E-state index in [0.717, 1.165) is 44.9 Å². The Morgan fingerprint density at radius 2 is 1.04 bits per heavy atom. The second-order valence-electron chi connectivity index (χ2n) is 6.62. The number of methoxy groups -OCH3 is 1. The maximum atomic E-state index is 11.8. The van der Waals surface area contributed by atoms with Crippen LogP contribution in [0.2, 0.25) is 0 Å². The molecule has 0 amide bonds. The molecule has 24 heavy (non-hydrogen) atoms. The first-order chi connectivity index (χ1) is 11.6. The lowest BCUT2D eigenvalue weighted by Crippen LogP contribution is -2.07. The Labute approximate surface area is 147 Å². The Bertz CT molecular complexity index is 350. The van der Waals surface area contributed by atoms with Crippen LogP contribution >= 0.6 is 0 Å². The van der Waals surface area contributed by atoms with Gasteiger partial charge in [-0.05, 0) is 19.3 Å². The standard InChI is InChI=1S/C20H36O4/c1-3-4-5-6-8-11-14-18(21)17-19(22)15-12-9-7-10-13-16-20(23)24-2/h3-17H2,1-2H3. The van der Waals surface area contributed by atoms with Gasteiger partial charge in [0.1, 0.15) is 11.6 Å². The SMILES string of the molecule is CCCCCCCCC(=O)CC(=O)CCCCCCCC(=O)OC. The van der Waals surface area contributed by atoms with Crippen molar-refractivity contribution in [2.45, 2.75) is 103 Å². The van der Waals surface area contributed by atoms with Crippen LogP contribution in [0.25, 0.3) is 0 Å². The Hall–Kier alpha value is -1.19. The van der Waals surface area contributed by atoms with Gasteiger partial charge in [-0.3, -0.25) is 14.4 Å². The monoisotopic (exact) mass is 340 g/mol. The van der Waals surface area contributed by atoms with E-state index in [1.54, 1.807) is 0 Å². The number of esters is 1. The number of carbonyl (C=O) groups excluding carboxylic acids is 3. The van der Waals surface area contributed by atoms with Crippen LogP contribution in [-0.4, -0.2) is 24.6 Å². The van der Waals surface area contributed by atoms with Crippen LogP contribution in [0.3, 0.4) is 0 Å². The van der Waals surface area contributed by atoms with Crippen molar-refractivity contribution in [3.63, 3.8) is 0 Å². The molecule has 0 aliphatic carbocycles. The van der Waals surface area contributed by atoms with Crippen molar-refractivity contribution in [3.8, 4) is 0 Å². The van der Waals surface area contributed by atoms with Gasteiger partial charge in [-0.1, -0.05) is 58.3 Å². The number of carbonyl (C=O) groups is 3. The highest BCUT2D eigenvalue weighted by Crippen LogP contribution is 2.11. The highest BCUT2D eigenvalue weighted by atomic mass is 16.5. The second-order valence-corrected chi connectivity index (χ2v) is 6.62. The molecule has 0 saturated carbocycles. The number of hydrogen-bond acceptors (Lipinski definition) is 4. The van der Waals surface area contributed by atoms with Crippen LogP contribution in [0.4, 0.5) is 0 Å². The summed E-state index contributed by atoms with van der Waals surface area (Å²) in [6, 6.07) is 0. The number of ketones is 2. The molecule has 0 aromatic heterocycles. The van der Waals surface area contributed by atoms with Crippen LogP contribution in [0.5, 0.6) is 0 Å². The van der Waals surface area contributed by atoms with Crippen LogP contribution < -0.4 is 0 Å².